The molecule has 4 aromatic rings. The van der Waals surface area contributed by atoms with Gasteiger partial charge in [-0.2, -0.15) is 0 Å². The van der Waals surface area contributed by atoms with E-state index in [1.807, 2.05) is 66.1 Å². The van der Waals surface area contributed by atoms with Gasteiger partial charge in [-0.25, -0.2) is 9.79 Å². The summed E-state index contributed by atoms with van der Waals surface area (Å²) in [4.78, 5) is 32.9. The van der Waals surface area contributed by atoms with Gasteiger partial charge >= 0.3 is 5.97 Å². The number of fused-ring (bicyclic) bond motifs is 2. The van der Waals surface area contributed by atoms with E-state index in [-0.39, 0.29) is 12.2 Å². The number of carbonyl (C=O) groups is 1. The highest BCUT2D eigenvalue weighted by Gasteiger charge is 2.34. The number of rotatable bonds is 4. The fraction of sp³-hybridized carbons (Fsp3) is 0.160. The van der Waals surface area contributed by atoms with Gasteiger partial charge in [-0.05, 0) is 47.7 Å². The van der Waals surface area contributed by atoms with Gasteiger partial charge in [0.15, 0.2) is 4.80 Å². The second-order valence-electron chi connectivity index (χ2n) is 7.39. The molecule has 2 aromatic heterocycles. The highest BCUT2D eigenvalue weighted by Crippen LogP contribution is 2.34. The Kier molecular flexibility index (Phi) is 5.36. The molecule has 1 aliphatic rings. The number of allylic oxidation sites excluding steroid dienone is 1. The number of hydrogen-bond donors (Lipinski definition) is 0. The van der Waals surface area contributed by atoms with Crippen molar-refractivity contribution in [2.24, 2.45) is 4.99 Å². The lowest BCUT2D eigenvalue weighted by molar-refractivity contribution is -0.139. The highest BCUT2D eigenvalue weighted by atomic mass is 32.1. The molecule has 5 nitrogen and oxygen atoms in total. The van der Waals surface area contributed by atoms with Gasteiger partial charge in [-0.3, -0.25) is 9.36 Å². The maximum Gasteiger partial charge on any atom is 0.338 e. The predicted octanol–water partition coefficient (Wildman–Crippen LogP) is 4.01. The molecular formula is C25H20N2O3S2. The summed E-state index contributed by atoms with van der Waals surface area (Å²) in [6.45, 7) is 3.83. The van der Waals surface area contributed by atoms with Crippen LogP contribution in [0.25, 0.3) is 16.8 Å². The third kappa shape index (κ3) is 3.43. The van der Waals surface area contributed by atoms with Crippen molar-refractivity contribution in [1.82, 2.24) is 4.57 Å². The van der Waals surface area contributed by atoms with Crippen LogP contribution in [-0.2, 0) is 9.53 Å². The zero-order chi connectivity index (χ0) is 22.2. The molecule has 0 radical (unpaired) electrons. The molecule has 0 spiro atoms. The second-order valence-corrected chi connectivity index (χ2v) is 9.37. The maximum absolute atomic E-state index is 13.6. The molecule has 0 unspecified atom stereocenters. The Balaban J connectivity index is 1.83. The van der Waals surface area contributed by atoms with E-state index in [1.165, 1.54) is 11.3 Å². The number of esters is 1. The molecule has 7 heteroatoms. The molecule has 32 heavy (non-hydrogen) atoms. The van der Waals surface area contributed by atoms with Crippen molar-refractivity contribution in [2.75, 3.05) is 6.61 Å². The number of nitrogens with zero attached hydrogens (tertiary/aromatic N) is 2. The molecular weight excluding hydrogens is 440 g/mol. The molecule has 3 heterocycles. The van der Waals surface area contributed by atoms with Crippen LogP contribution >= 0.6 is 22.7 Å². The molecule has 5 rings (SSSR count). The van der Waals surface area contributed by atoms with E-state index >= 15 is 0 Å². The largest absolute Gasteiger partial charge is 0.463 e. The van der Waals surface area contributed by atoms with Crippen LogP contribution in [0.2, 0.25) is 0 Å². The average molecular weight is 461 g/mol. The molecule has 1 atom stereocenters. The molecule has 0 saturated heterocycles. The molecule has 0 bridgehead atoms. The number of benzene rings is 2. The maximum atomic E-state index is 13.6. The standard InChI is InChI=1S/C25H20N2O3S2/c1-3-30-24(29)21-15(2)26-25-27(23(28)20(32-25)14-17-10-7-13-31-17)22(21)19-12-6-9-16-8-4-5-11-18(16)19/h4-14,22H,3H2,1-2H3/t22-/m1/s1. The van der Waals surface area contributed by atoms with Crippen LogP contribution < -0.4 is 14.9 Å². The minimum absolute atomic E-state index is 0.158. The van der Waals surface area contributed by atoms with Crippen molar-refractivity contribution < 1.29 is 9.53 Å². The lowest BCUT2D eigenvalue weighted by Gasteiger charge is -2.25. The normalized spacial score (nSPS) is 16.2. The number of ether oxygens (including phenoxy) is 1. The summed E-state index contributed by atoms with van der Waals surface area (Å²) in [5.41, 5.74) is 1.70. The quantitative estimate of drug-likeness (QED) is 0.432. The van der Waals surface area contributed by atoms with Gasteiger partial charge in [-0.15, -0.1) is 11.3 Å². The van der Waals surface area contributed by atoms with Crippen LogP contribution in [0.15, 0.2) is 81.0 Å². The average Bonchev–Trinajstić information content (AvgIpc) is 3.41. The minimum atomic E-state index is -0.609. The van der Waals surface area contributed by atoms with Crippen LogP contribution in [0.4, 0.5) is 0 Å². The van der Waals surface area contributed by atoms with E-state index in [0.29, 0.717) is 20.6 Å². The number of aromatic nitrogens is 1. The van der Waals surface area contributed by atoms with Crippen LogP contribution in [-0.4, -0.2) is 17.1 Å². The van der Waals surface area contributed by atoms with Crippen molar-refractivity contribution >= 4 is 45.5 Å². The van der Waals surface area contributed by atoms with Crippen molar-refractivity contribution in [3.05, 3.63) is 101 Å². The smallest absolute Gasteiger partial charge is 0.338 e. The van der Waals surface area contributed by atoms with Gasteiger partial charge in [0, 0.05) is 4.88 Å². The third-order valence-corrected chi connectivity index (χ3v) is 7.25. The van der Waals surface area contributed by atoms with Gasteiger partial charge in [0.1, 0.15) is 0 Å². The molecule has 160 valence electrons. The SMILES string of the molecule is CCOC(=O)C1=C(C)N=c2sc(=Cc3cccs3)c(=O)n2[C@@H]1c1cccc2ccccc12. The first kappa shape index (κ1) is 20.6. The molecule has 0 saturated carbocycles. The van der Waals surface area contributed by atoms with E-state index in [2.05, 4.69) is 4.99 Å². The first-order valence-electron chi connectivity index (χ1n) is 10.3. The van der Waals surface area contributed by atoms with Crippen LogP contribution in [0.5, 0.6) is 0 Å². The fourth-order valence-electron chi connectivity index (χ4n) is 4.08. The van der Waals surface area contributed by atoms with E-state index in [9.17, 15) is 9.59 Å². The molecule has 0 aliphatic carbocycles. The number of thiophene rings is 1. The first-order valence-corrected chi connectivity index (χ1v) is 12.0. The summed E-state index contributed by atoms with van der Waals surface area (Å²) in [5, 5.41) is 4.01. The molecule has 2 aromatic carbocycles. The van der Waals surface area contributed by atoms with Crippen molar-refractivity contribution in [3.63, 3.8) is 0 Å². The summed E-state index contributed by atoms with van der Waals surface area (Å²) < 4.78 is 7.62. The Morgan fingerprint density at radius 2 is 1.97 bits per heavy atom. The summed E-state index contributed by atoms with van der Waals surface area (Å²) in [6, 6.07) is 17.3. The van der Waals surface area contributed by atoms with Crippen LogP contribution in [0.1, 0.15) is 30.3 Å². The zero-order valence-corrected chi connectivity index (χ0v) is 19.2. The summed E-state index contributed by atoms with van der Waals surface area (Å²) in [6.07, 6.45) is 1.89. The Labute approximate surface area is 192 Å². The van der Waals surface area contributed by atoms with Gasteiger partial charge in [0.25, 0.3) is 5.56 Å². The molecule has 0 N–H and O–H groups in total. The second kappa shape index (κ2) is 8.33. The van der Waals surface area contributed by atoms with Crippen molar-refractivity contribution in [2.45, 2.75) is 19.9 Å². The Morgan fingerprint density at radius 3 is 2.75 bits per heavy atom. The minimum Gasteiger partial charge on any atom is -0.463 e. The first-order chi connectivity index (χ1) is 15.6. The predicted molar refractivity (Wildman–Crippen MR) is 129 cm³/mol. The van der Waals surface area contributed by atoms with Gasteiger partial charge in [-0.1, -0.05) is 59.9 Å². The van der Waals surface area contributed by atoms with E-state index in [4.69, 9.17) is 4.74 Å². The number of hydrogen-bond acceptors (Lipinski definition) is 6. The Hall–Kier alpha value is -3.29. The fourth-order valence-corrected chi connectivity index (χ4v) is 5.85. The summed E-state index contributed by atoms with van der Waals surface area (Å²) in [7, 11) is 0. The molecule has 0 amide bonds. The summed E-state index contributed by atoms with van der Waals surface area (Å²) in [5.74, 6) is -0.445. The monoisotopic (exact) mass is 460 g/mol. The van der Waals surface area contributed by atoms with Crippen LogP contribution in [0.3, 0.4) is 0 Å². The molecule has 0 fully saturated rings. The topological polar surface area (TPSA) is 60.7 Å². The summed E-state index contributed by atoms with van der Waals surface area (Å²) >= 11 is 2.92. The van der Waals surface area contributed by atoms with E-state index in [1.54, 1.807) is 29.8 Å². The van der Waals surface area contributed by atoms with Gasteiger partial charge in [0.2, 0.25) is 0 Å². The van der Waals surface area contributed by atoms with E-state index < -0.39 is 12.0 Å². The highest BCUT2D eigenvalue weighted by molar-refractivity contribution is 7.11. The third-order valence-electron chi connectivity index (χ3n) is 5.45. The van der Waals surface area contributed by atoms with E-state index in [0.717, 1.165) is 21.2 Å². The number of thiazole rings is 1. The Bertz CT molecular complexity index is 1540. The zero-order valence-electron chi connectivity index (χ0n) is 17.6. The molecule has 1 aliphatic heterocycles. The Morgan fingerprint density at radius 1 is 1.16 bits per heavy atom. The van der Waals surface area contributed by atoms with Gasteiger partial charge in [0.05, 0.1) is 28.5 Å². The van der Waals surface area contributed by atoms with Crippen LogP contribution in [0, 0.1) is 0 Å². The van der Waals surface area contributed by atoms with Crippen molar-refractivity contribution in [3.8, 4) is 0 Å². The lowest BCUT2D eigenvalue weighted by atomic mass is 9.91. The number of carbonyl (C=O) groups excluding carboxylic acids is 1. The van der Waals surface area contributed by atoms with Gasteiger partial charge < -0.3 is 4.74 Å². The van der Waals surface area contributed by atoms with Crippen molar-refractivity contribution in [1.29, 1.82) is 0 Å². The lowest BCUT2D eigenvalue weighted by Crippen LogP contribution is -2.40.